The lowest BCUT2D eigenvalue weighted by Gasteiger charge is -2.16. The van der Waals surface area contributed by atoms with Crippen LogP contribution < -0.4 is 10.0 Å². The van der Waals surface area contributed by atoms with Crippen molar-refractivity contribution in [1.29, 1.82) is 0 Å². The zero-order valence-electron chi connectivity index (χ0n) is 19.2. The van der Waals surface area contributed by atoms with Crippen molar-refractivity contribution in [2.45, 2.75) is 43.4 Å². The summed E-state index contributed by atoms with van der Waals surface area (Å²) in [4.78, 5) is 18.6. The van der Waals surface area contributed by atoms with Gasteiger partial charge in [0.05, 0.1) is 17.1 Å². The molecule has 1 aliphatic carbocycles. The molecule has 9 heteroatoms. The third-order valence-corrected chi connectivity index (χ3v) is 7.94. The smallest absolute Gasteiger partial charge is 0.256 e. The number of hydrogen-bond acceptors (Lipinski definition) is 5. The fraction of sp³-hybridized carbons (Fsp3) is 0.458. The van der Waals surface area contributed by atoms with Gasteiger partial charge in [-0.15, -0.1) is 0 Å². The van der Waals surface area contributed by atoms with Gasteiger partial charge in [0.15, 0.2) is 0 Å². The van der Waals surface area contributed by atoms with Crippen molar-refractivity contribution in [2.75, 3.05) is 39.1 Å². The van der Waals surface area contributed by atoms with E-state index in [1.54, 1.807) is 12.1 Å². The zero-order valence-corrected chi connectivity index (χ0v) is 20.0. The Kier molecular flexibility index (Phi) is 7.04. The van der Waals surface area contributed by atoms with Crippen LogP contribution >= 0.6 is 0 Å². The number of carbonyl (C=O) groups is 1. The highest BCUT2D eigenvalue weighted by Gasteiger charge is 2.28. The number of likely N-dealkylation sites (N-methyl/N-ethyl adjacent to an activating group) is 1. The van der Waals surface area contributed by atoms with Crippen LogP contribution in [0.3, 0.4) is 0 Å². The highest BCUT2D eigenvalue weighted by atomic mass is 32.2. The molecule has 4 N–H and O–H groups in total. The highest BCUT2D eigenvalue weighted by Crippen LogP contribution is 2.36. The van der Waals surface area contributed by atoms with E-state index in [0.717, 1.165) is 50.8 Å². The number of fused-ring (bicyclic) bond motifs is 2. The van der Waals surface area contributed by atoms with E-state index in [1.165, 1.54) is 29.9 Å². The van der Waals surface area contributed by atoms with Gasteiger partial charge >= 0.3 is 0 Å². The summed E-state index contributed by atoms with van der Waals surface area (Å²) in [6, 6.07) is 4.68. The maximum absolute atomic E-state index is 12.8. The Morgan fingerprint density at radius 1 is 1.21 bits per heavy atom. The molecule has 0 atom stereocenters. The molecule has 178 valence electrons. The number of nitrogens with zero attached hydrogens (tertiary/aromatic N) is 1. The fourth-order valence-corrected chi connectivity index (χ4v) is 5.49. The van der Waals surface area contributed by atoms with Gasteiger partial charge in [-0.05, 0) is 94.6 Å². The standard InChI is InChI=1S/C24H32N4O4S/c1-25-33(31,32)16-9-10-22-19(14-16)20(24(30)27-22)15-23-18(7-5-11-28(2)12-13-29)17-6-3-4-8-21(17)26-23/h9-10,14-15,25-26,29H,3-8,11-13H2,1-2H3,(H,27,30)/b20-15-. The Morgan fingerprint density at radius 2 is 2.00 bits per heavy atom. The molecular formula is C24H32N4O4S. The summed E-state index contributed by atoms with van der Waals surface area (Å²) < 4.78 is 26.9. The van der Waals surface area contributed by atoms with Crippen LogP contribution in [0.1, 0.15) is 47.3 Å². The number of rotatable bonds is 9. The number of benzene rings is 1. The van der Waals surface area contributed by atoms with Gasteiger partial charge in [0.25, 0.3) is 5.91 Å². The number of aromatic amines is 1. The van der Waals surface area contributed by atoms with Gasteiger partial charge in [0.2, 0.25) is 10.0 Å². The summed E-state index contributed by atoms with van der Waals surface area (Å²) in [5.74, 6) is -0.231. The summed E-state index contributed by atoms with van der Waals surface area (Å²) in [6.07, 6.45) is 8.05. The van der Waals surface area contributed by atoms with E-state index >= 15 is 0 Å². The maximum Gasteiger partial charge on any atom is 0.256 e. The number of aromatic nitrogens is 1. The van der Waals surface area contributed by atoms with E-state index in [0.29, 0.717) is 23.4 Å². The zero-order chi connectivity index (χ0) is 23.6. The minimum atomic E-state index is -3.62. The minimum Gasteiger partial charge on any atom is -0.395 e. The Labute approximate surface area is 195 Å². The Morgan fingerprint density at radius 3 is 2.76 bits per heavy atom. The third kappa shape index (κ3) is 4.91. The van der Waals surface area contributed by atoms with E-state index in [4.69, 9.17) is 5.11 Å². The monoisotopic (exact) mass is 472 g/mol. The molecule has 4 rings (SSSR count). The van der Waals surface area contributed by atoms with Crippen LogP contribution in [0.15, 0.2) is 23.1 Å². The molecule has 0 saturated heterocycles. The number of anilines is 1. The molecule has 2 aromatic rings. The predicted octanol–water partition coefficient (Wildman–Crippen LogP) is 2.15. The van der Waals surface area contributed by atoms with E-state index in [1.807, 2.05) is 13.1 Å². The number of amides is 1. The molecular weight excluding hydrogens is 440 g/mol. The molecule has 33 heavy (non-hydrogen) atoms. The van der Waals surface area contributed by atoms with Crippen molar-refractivity contribution in [3.63, 3.8) is 0 Å². The van der Waals surface area contributed by atoms with Crippen molar-refractivity contribution in [3.05, 3.63) is 46.3 Å². The first-order chi connectivity index (χ1) is 15.8. The average molecular weight is 473 g/mol. The van der Waals surface area contributed by atoms with E-state index < -0.39 is 10.0 Å². The second kappa shape index (κ2) is 9.80. The minimum absolute atomic E-state index is 0.129. The SMILES string of the molecule is CNS(=O)(=O)c1ccc2c(c1)/C(=C/c1[nH]c3c(c1CCCN(C)CCO)CCCC3)C(=O)N2. The van der Waals surface area contributed by atoms with Crippen LogP contribution in [-0.4, -0.2) is 63.1 Å². The van der Waals surface area contributed by atoms with Crippen molar-refractivity contribution >= 4 is 33.3 Å². The molecule has 1 aliphatic heterocycles. The molecule has 0 unspecified atom stereocenters. The Bertz CT molecular complexity index is 1180. The van der Waals surface area contributed by atoms with Crippen LogP contribution in [0.4, 0.5) is 5.69 Å². The first kappa shape index (κ1) is 23.7. The molecule has 0 saturated carbocycles. The van der Waals surface area contributed by atoms with Gasteiger partial charge in [0.1, 0.15) is 0 Å². The van der Waals surface area contributed by atoms with Gasteiger partial charge in [-0.25, -0.2) is 13.1 Å². The quantitative estimate of drug-likeness (QED) is 0.418. The Hall–Kier alpha value is -2.46. The second-order valence-electron chi connectivity index (χ2n) is 8.74. The summed E-state index contributed by atoms with van der Waals surface area (Å²) in [5.41, 5.74) is 6.47. The lowest BCUT2D eigenvalue weighted by Crippen LogP contribution is -2.23. The molecule has 0 spiro atoms. The van der Waals surface area contributed by atoms with E-state index in [-0.39, 0.29) is 17.4 Å². The van der Waals surface area contributed by atoms with Crippen molar-refractivity contribution in [3.8, 4) is 0 Å². The summed E-state index contributed by atoms with van der Waals surface area (Å²) in [7, 11) is -0.242. The van der Waals surface area contributed by atoms with E-state index in [2.05, 4.69) is 19.9 Å². The molecule has 1 aromatic heterocycles. The van der Waals surface area contributed by atoms with Crippen LogP contribution in [0, 0.1) is 0 Å². The molecule has 1 aromatic carbocycles. The van der Waals surface area contributed by atoms with Crippen LogP contribution in [0.25, 0.3) is 11.6 Å². The normalized spacial score (nSPS) is 16.8. The largest absolute Gasteiger partial charge is 0.395 e. The number of aliphatic hydroxyl groups is 1. The van der Waals surface area contributed by atoms with E-state index in [9.17, 15) is 13.2 Å². The molecule has 1 amide bonds. The number of aliphatic hydroxyl groups excluding tert-OH is 1. The first-order valence-corrected chi connectivity index (χ1v) is 13.0. The number of carbonyl (C=O) groups excluding carboxylic acids is 1. The van der Waals surface area contributed by atoms with Gasteiger partial charge in [-0.1, -0.05) is 0 Å². The number of hydrogen-bond donors (Lipinski definition) is 4. The maximum atomic E-state index is 12.8. The highest BCUT2D eigenvalue weighted by molar-refractivity contribution is 7.89. The van der Waals surface area contributed by atoms with Crippen LogP contribution in [0.5, 0.6) is 0 Å². The van der Waals surface area contributed by atoms with Gasteiger partial charge in [0, 0.05) is 29.2 Å². The van der Waals surface area contributed by atoms with Gasteiger partial charge in [-0.2, -0.15) is 0 Å². The lowest BCUT2D eigenvalue weighted by molar-refractivity contribution is -0.110. The third-order valence-electron chi connectivity index (χ3n) is 6.53. The van der Waals surface area contributed by atoms with Crippen molar-refractivity contribution in [2.24, 2.45) is 0 Å². The average Bonchev–Trinajstić information content (AvgIpc) is 3.30. The summed E-state index contributed by atoms with van der Waals surface area (Å²) >= 11 is 0. The van der Waals surface area contributed by atoms with Crippen molar-refractivity contribution < 1.29 is 18.3 Å². The molecule has 0 fully saturated rings. The summed E-state index contributed by atoms with van der Waals surface area (Å²) in [6.45, 7) is 1.68. The number of sulfonamides is 1. The number of H-pyrrole nitrogens is 1. The molecule has 2 heterocycles. The number of aryl methyl sites for hydroxylation is 1. The van der Waals surface area contributed by atoms with Gasteiger partial charge < -0.3 is 20.3 Å². The first-order valence-electron chi connectivity index (χ1n) is 11.5. The lowest BCUT2D eigenvalue weighted by atomic mass is 9.92. The fourth-order valence-electron chi connectivity index (χ4n) is 4.73. The van der Waals surface area contributed by atoms with Gasteiger partial charge in [-0.3, -0.25) is 4.79 Å². The van der Waals surface area contributed by atoms with Crippen LogP contribution in [0.2, 0.25) is 0 Å². The predicted molar refractivity (Wildman–Crippen MR) is 130 cm³/mol. The Balaban J connectivity index is 1.70. The van der Waals surface area contributed by atoms with Crippen LogP contribution in [-0.2, 0) is 34.1 Å². The topological polar surface area (TPSA) is 115 Å². The summed E-state index contributed by atoms with van der Waals surface area (Å²) in [5, 5.41) is 12.0. The second-order valence-corrected chi connectivity index (χ2v) is 10.6. The van der Waals surface area contributed by atoms with Crippen molar-refractivity contribution in [1.82, 2.24) is 14.6 Å². The molecule has 0 radical (unpaired) electrons. The number of nitrogens with one attached hydrogen (secondary N) is 3. The molecule has 2 aliphatic rings. The molecule has 0 bridgehead atoms. The molecule has 8 nitrogen and oxygen atoms in total.